The van der Waals surface area contributed by atoms with Gasteiger partial charge in [-0.15, -0.1) is 0 Å². The van der Waals surface area contributed by atoms with E-state index in [-0.39, 0.29) is 5.82 Å². The smallest absolute Gasteiger partial charge is 0.208 e. The molecule has 1 aromatic heterocycles. The van der Waals surface area contributed by atoms with E-state index in [1.165, 1.54) is 12.1 Å². The summed E-state index contributed by atoms with van der Waals surface area (Å²) < 4.78 is 39.2. The van der Waals surface area contributed by atoms with Gasteiger partial charge in [0.1, 0.15) is 5.82 Å². The van der Waals surface area contributed by atoms with Crippen molar-refractivity contribution in [3.63, 3.8) is 0 Å². The van der Waals surface area contributed by atoms with Gasteiger partial charge in [-0.1, -0.05) is 0 Å². The molecule has 2 aromatic rings. The second-order valence-corrected chi connectivity index (χ2v) is 7.57. The molecule has 1 aromatic carbocycles. The molecule has 0 amide bonds. The standard InChI is InChI=1S/C16H23FN4O2S/c1-12-16(11-18-9-4-10-19-24(3,22)23)13(2)21(20-12)15-7-5-14(17)6-8-15/h5-8,18-19H,4,9-11H2,1-3H3. The van der Waals surface area contributed by atoms with E-state index in [0.717, 1.165) is 28.9 Å². The third-order valence-electron chi connectivity index (χ3n) is 3.71. The van der Waals surface area contributed by atoms with Gasteiger partial charge in [0.2, 0.25) is 10.0 Å². The van der Waals surface area contributed by atoms with Gasteiger partial charge in [0.15, 0.2) is 0 Å². The Bertz CT molecular complexity index is 785. The van der Waals surface area contributed by atoms with Crippen LogP contribution in [0.25, 0.3) is 5.69 Å². The molecule has 2 N–H and O–H groups in total. The van der Waals surface area contributed by atoms with E-state index in [0.29, 0.717) is 26.1 Å². The van der Waals surface area contributed by atoms with Crippen LogP contribution in [0.1, 0.15) is 23.4 Å². The molecule has 6 nitrogen and oxygen atoms in total. The maximum Gasteiger partial charge on any atom is 0.208 e. The number of nitrogens with zero attached hydrogens (tertiary/aromatic N) is 2. The summed E-state index contributed by atoms with van der Waals surface area (Å²) in [5.74, 6) is -0.273. The first-order chi connectivity index (χ1) is 11.3. The average Bonchev–Trinajstić information content (AvgIpc) is 2.78. The van der Waals surface area contributed by atoms with Crippen molar-refractivity contribution in [2.45, 2.75) is 26.8 Å². The molecule has 0 aliphatic rings. The van der Waals surface area contributed by atoms with E-state index in [9.17, 15) is 12.8 Å². The SMILES string of the molecule is Cc1nn(-c2ccc(F)cc2)c(C)c1CNCCCNS(C)(=O)=O. The average molecular weight is 354 g/mol. The van der Waals surface area contributed by atoms with Crippen molar-refractivity contribution in [3.8, 4) is 5.69 Å². The molecule has 1 heterocycles. The monoisotopic (exact) mass is 354 g/mol. The van der Waals surface area contributed by atoms with Crippen LogP contribution in [0.2, 0.25) is 0 Å². The topological polar surface area (TPSA) is 76.0 Å². The molecule has 24 heavy (non-hydrogen) atoms. The minimum atomic E-state index is -3.13. The first kappa shape index (κ1) is 18.6. The van der Waals surface area contributed by atoms with Crippen LogP contribution < -0.4 is 10.0 Å². The highest BCUT2D eigenvalue weighted by Gasteiger charge is 2.12. The van der Waals surface area contributed by atoms with Crippen molar-refractivity contribution >= 4 is 10.0 Å². The summed E-state index contributed by atoms with van der Waals surface area (Å²) in [5, 5.41) is 7.82. The number of aromatic nitrogens is 2. The highest BCUT2D eigenvalue weighted by atomic mass is 32.2. The normalized spacial score (nSPS) is 11.8. The zero-order valence-electron chi connectivity index (χ0n) is 14.1. The zero-order valence-corrected chi connectivity index (χ0v) is 15.0. The number of rotatable bonds is 8. The summed E-state index contributed by atoms with van der Waals surface area (Å²) in [4.78, 5) is 0. The number of halogens is 1. The Kier molecular flexibility index (Phi) is 6.09. The molecule has 0 radical (unpaired) electrons. The minimum absolute atomic E-state index is 0.273. The lowest BCUT2D eigenvalue weighted by molar-refractivity contribution is 0.579. The fourth-order valence-electron chi connectivity index (χ4n) is 2.45. The molecule has 0 spiro atoms. The molecule has 0 unspecified atom stereocenters. The van der Waals surface area contributed by atoms with Gasteiger partial charge in [-0.3, -0.25) is 0 Å². The van der Waals surface area contributed by atoms with Crippen molar-refractivity contribution in [2.75, 3.05) is 19.3 Å². The molecular formula is C16H23FN4O2S. The number of hydrogen-bond donors (Lipinski definition) is 2. The van der Waals surface area contributed by atoms with E-state index >= 15 is 0 Å². The second kappa shape index (κ2) is 7.87. The van der Waals surface area contributed by atoms with E-state index in [4.69, 9.17) is 0 Å². The predicted molar refractivity (Wildman–Crippen MR) is 92.2 cm³/mol. The van der Waals surface area contributed by atoms with E-state index in [1.54, 1.807) is 16.8 Å². The van der Waals surface area contributed by atoms with Crippen molar-refractivity contribution in [1.82, 2.24) is 19.8 Å². The number of nitrogens with one attached hydrogen (secondary N) is 2. The lowest BCUT2D eigenvalue weighted by Crippen LogP contribution is -2.26. The molecule has 132 valence electrons. The predicted octanol–water partition coefficient (Wildman–Crippen LogP) is 1.66. The third kappa shape index (κ3) is 5.12. The van der Waals surface area contributed by atoms with E-state index in [2.05, 4.69) is 15.1 Å². The lowest BCUT2D eigenvalue weighted by Gasteiger charge is -2.07. The molecule has 0 aliphatic carbocycles. The highest BCUT2D eigenvalue weighted by molar-refractivity contribution is 7.88. The first-order valence-electron chi connectivity index (χ1n) is 7.74. The molecule has 0 aliphatic heterocycles. The van der Waals surface area contributed by atoms with Crippen LogP contribution >= 0.6 is 0 Å². The number of aryl methyl sites for hydroxylation is 1. The Morgan fingerprint density at radius 1 is 1.17 bits per heavy atom. The third-order valence-corrected chi connectivity index (χ3v) is 4.44. The Morgan fingerprint density at radius 3 is 2.46 bits per heavy atom. The summed E-state index contributed by atoms with van der Waals surface area (Å²) >= 11 is 0. The van der Waals surface area contributed by atoms with Gasteiger partial charge in [-0.2, -0.15) is 5.10 Å². The van der Waals surface area contributed by atoms with Crippen molar-refractivity contribution in [2.24, 2.45) is 0 Å². The van der Waals surface area contributed by atoms with E-state index in [1.807, 2.05) is 13.8 Å². The van der Waals surface area contributed by atoms with Crippen LogP contribution in [0.5, 0.6) is 0 Å². The van der Waals surface area contributed by atoms with Gasteiger partial charge in [-0.05, 0) is 51.1 Å². The fraction of sp³-hybridized carbons (Fsp3) is 0.438. The summed E-state index contributed by atoms with van der Waals surface area (Å²) in [6, 6.07) is 6.22. The number of sulfonamides is 1. The van der Waals surface area contributed by atoms with Gasteiger partial charge in [0.25, 0.3) is 0 Å². The Morgan fingerprint density at radius 2 is 1.83 bits per heavy atom. The molecule has 8 heteroatoms. The first-order valence-corrected chi connectivity index (χ1v) is 9.63. The van der Waals surface area contributed by atoms with Crippen molar-refractivity contribution in [1.29, 1.82) is 0 Å². The highest BCUT2D eigenvalue weighted by Crippen LogP contribution is 2.18. The Labute approximate surface area is 142 Å². The lowest BCUT2D eigenvalue weighted by atomic mass is 10.2. The summed E-state index contributed by atoms with van der Waals surface area (Å²) in [6.45, 7) is 5.68. The summed E-state index contributed by atoms with van der Waals surface area (Å²) in [7, 11) is -3.13. The van der Waals surface area contributed by atoms with Gasteiger partial charge in [0, 0.05) is 24.3 Å². The number of benzene rings is 1. The van der Waals surface area contributed by atoms with Gasteiger partial charge < -0.3 is 5.32 Å². The molecule has 0 saturated heterocycles. The maximum atomic E-state index is 13.0. The largest absolute Gasteiger partial charge is 0.312 e. The van der Waals surface area contributed by atoms with Crippen LogP contribution in [0, 0.1) is 19.7 Å². The minimum Gasteiger partial charge on any atom is -0.312 e. The van der Waals surface area contributed by atoms with Crippen LogP contribution in [0.4, 0.5) is 4.39 Å². The van der Waals surface area contributed by atoms with Gasteiger partial charge in [-0.25, -0.2) is 22.2 Å². The quantitative estimate of drug-likeness (QED) is 0.707. The van der Waals surface area contributed by atoms with Crippen LogP contribution in [-0.4, -0.2) is 37.5 Å². The maximum absolute atomic E-state index is 13.0. The summed E-state index contributed by atoms with van der Waals surface area (Å²) in [6.07, 6.45) is 1.86. The molecule has 2 rings (SSSR count). The van der Waals surface area contributed by atoms with Crippen LogP contribution in [-0.2, 0) is 16.6 Å². The molecule has 0 bridgehead atoms. The van der Waals surface area contributed by atoms with Crippen molar-refractivity contribution < 1.29 is 12.8 Å². The fourth-order valence-corrected chi connectivity index (χ4v) is 2.96. The van der Waals surface area contributed by atoms with Crippen molar-refractivity contribution in [3.05, 3.63) is 47.0 Å². The molecule has 0 fully saturated rings. The number of hydrogen-bond acceptors (Lipinski definition) is 4. The molecule has 0 saturated carbocycles. The Balaban J connectivity index is 1.93. The van der Waals surface area contributed by atoms with Gasteiger partial charge >= 0.3 is 0 Å². The van der Waals surface area contributed by atoms with E-state index < -0.39 is 10.0 Å². The zero-order chi connectivity index (χ0) is 17.7. The summed E-state index contributed by atoms with van der Waals surface area (Å²) in [5.41, 5.74) is 3.83. The second-order valence-electron chi connectivity index (χ2n) is 5.73. The van der Waals surface area contributed by atoms with Crippen LogP contribution in [0.15, 0.2) is 24.3 Å². The Hall–Kier alpha value is -1.77. The molecule has 0 atom stereocenters. The molecular weight excluding hydrogens is 331 g/mol. The van der Waals surface area contributed by atoms with Gasteiger partial charge in [0.05, 0.1) is 17.6 Å². The van der Waals surface area contributed by atoms with Crippen LogP contribution in [0.3, 0.4) is 0 Å².